The zero-order chi connectivity index (χ0) is 53.5. The second kappa shape index (κ2) is 27.7. The van der Waals surface area contributed by atoms with E-state index in [0.29, 0.717) is 6.42 Å². The van der Waals surface area contributed by atoms with E-state index in [1.807, 2.05) is 74.5 Å². The van der Waals surface area contributed by atoms with E-state index in [1.165, 1.54) is 38.5 Å². The molecule has 18 heteroatoms. The topological polar surface area (TPSA) is 170 Å². The van der Waals surface area contributed by atoms with Crippen LogP contribution in [0.3, 0.4) is 0 Å². The van der Waals surface area contributed by atoms with Gasteiger partial charge in [-0.15, -0.1) is 0 Å². The predicted octanol–water partition coefficient (Wildman–Crippen LogP) is 10.2. The van der Waals surface area contributed by atoms with Crippen LogP contribution >= 0.6 is 0 Å². The lowest BCUT2D eigenvalue weighted by Crippen LogP contribution is -2.67. The highest BCUT2D eigenvalue weighted by molar-refractivity contribution is 7.87. The second-order valence-electron chi connectivity index (χ2n) is 20.7. The summed E-state index contributed by atoms with van der Waals surface area (Å²) in [5.74, 6) is 0. The van der Waals surface area contributed by atoms with Crippen molar-refractivity contribution in [2.24, 2.45) is 0 Å². The van der Waals surface area contributed by atoms with E-state index in [-0.39, 0.29) is 47.9 Å². The fourth-order valence-corrected chi connectivity index (χ4v) is 12.1. The van der Waals surface area contributed by atoms with E-state index in [1.54, 1.807) is 24.3 Å². The smallest absolute Gasteiger partial charge is 0.297 e. The Kier molecular flexibility index (Phi) is 22.4. The molecular formula is C56H80O15S2Si. The number of aryl methyl sites for hydroxylation is 2. The summed E-state index contributed by atoms with van der Waals surface area (Å²) in [4.78, 5) is -0.187. The number of unbranched alkanes of at least 4 members (excludes halogenated alkanes) is 5. The molecule has 0 aliphatic carbocycles. The number of rotatable bonds is 28. The third-order valence-electron chi connectivity index (χ3n) is 13.9. The van der Waals surface area contributed by atoms with Crippen LogP contribution in [-0.2, 0) is 84.1 Å². The zero-order valence-electron chi connectivity index (χ0n) is 44.9. The third kappa shape index (κ3) is 16.5. The van der Waals surface area contributed by atoms with Gasteiger partial charge in [0.15, 0.2) is 33.1 Å². The van der Waals surface area contributed by atoms with Crippen molar-refractivity contribution >= 4 is 28.6 Å². The quantitative estimate of drug-likeness (QED) is 0.0299. The fourth-order valence-electron chi connectivity index (χ4n) is 8.62. The number of hydrogen-bond donors (Lipinski definition) is 0. The van der Waals surface area contributed by atoms with Crippen LogP contribution in [0, 0.1) is 13.8 Å². The van der Waals surface area contributed by atoms with E-state index >= 15 is 0 Å². The van der Waals surface area contributed by atoms with E-state index in [4.69, 9.17) is 50.7 Å². The number of ether oxygens (including phenoxy) is 8. The van der Waals surface area contributed by atoms with Gasteiger partial charge in [-0.1, -0.05) is 156 Å². The summed E-state index contributed by atoms with van der Waals surface area (Å²) in [5, 5.41) is -0.294. The summed E-state index contributed by atoms with van der Waals surface area (Å²) in [6, 6.07) is 31.8. The normalized spacial score (nSPS) is 25.0. The van der Waals surface area contributed by atoms with Gasteiger partial charge >= 0.3 is 0 Å². The number of methoxy groups -OCH3 is 2. The molecule has 0 amide bonds. The van der Waals surface area contributed by atoms with Crippen molar-refractivity contribution in [2.45, 2.75) is 183 Å². The van der Waals surface area contributed by atoms with Crippen LogP contribution in [0.1, 0.15) is 88.5 Å². The highest BCUT2D eigenvalue weighted by Crippen LogP contribution is 2.42. The molecule has 0 aromatic heterocycles. The molecule has 15 nitrogen and oxygen atoms in total. The van der Waals surface area contributed by atoms with Crippen molar-refractivity contribution in [1.82, 2.24) is 0 Å². The maximum absolute atomic E-state index is 14.5. The van der Waals surface area contributed by atoms with Gasteiger partial charge in [0.2, 0.25) is 0 Å². The molecule has 0 radical (unpaired) electrons. The van der Waals surface area contributed by atoms with E-state index in [9.17, 15) is 16.8 Å². The van der Waals surface area contributed by atoms with E-state index in [2.05, 4.69) is 40.8 Å². The summed E-state index contributed by atoms with van der Waals surface area (Å²) in [5.41, 5.74) is 3.52. The van der Waals surface area contributed by atoms with Crippen LogP contribution < -0.4 is 0 Å². The molecule has 4 aromatic carbocycles. The molecule has 2 heterocycles. The Morgan fingerprint density at radius 1 is 0.541 bits per heavy atom. The Morgan fingerprint density at radius 3 is 1.45 bits per heavy atom. The monoisotopic (exact) mass is 1080 g/mol. The molecule has 0 unspecified atom stereocenters. The van der Waals surface area contributed by atoms with Crippen molar-refractivity contribution in [3.63, 3.8) is 0 Å². The van der Waals surface area contributed by atoms with Crippen LogP contribution in [0.25, 0.3) is 0 Å². The predicted molar refractivity (Wildman–Crippen MR) is 284 cm³/mol. The average molecular weight is 1090 g/mol. The third-order valence-corrected chi connectivity index (χ3v) is 21.0. The molecule has 74 heavy (non-hydrogen) atoms. The van der Waals surface area contributed by atoms with Crippen LogP contribution in [-0.4, -0.2) is 121 Å². The highest BCUT2D eigenvalue weighted by Gasteiger charge is 2.57. The van der Waals surface area contributed by atoms with Crippen molar-refractivity contribution in [3.05, 3.63) is 131 Å². The maximum atomic E-state index is 14.5. The lowest BCUT2D eigenvalue weighted by atomic mass is 9.96. The van der Waals surface area contributed by atoms with Gasteiger partial charge in [-0.2, -0.15) is 16.8 Å². The summed E-state index contributed by atoms with van der Waals surface area (Å²) >= 11 is 0. The lowest BCUT2D eigenvalue weighted by Gasteiger charge is -2.51. The minimum atomic E-state index is -4.56. The Morgan fingerprint density at radius 2 is 0.973 bits per heavy atom. The first-order valence-corrected chi connectivity index (χ1v) is 31.5. The molecule has 0 spiro atoms. The van der Waals surface area contributed by atoms with Gasteiger partial charge in [0.05, 0.1) is 36.2 Å². The van der Waals surface area contributed by atoms with Crippen LogP contribution in [0.2, 0.25) is 18.1 Å². The van der Waals surface area contributed by atoms with Crippen molar-refractivity contribution < 1.29 is 67.5 Å². The zero-order valence-corrected chi connectivity index (χ0v) is 47.5. The van der Waals surface area contributed by atoms with Crippen LogP contribution in [0.4, 0.5) is 0 Å². The first-order chi connectivity index (χ1) is 35.3. The van der Waals surface area contributed by atoms with Gasteiger partial charge < -0.3 is 42.3 Å². The SMILES string of the molecule is CCCCCCCCO[C@H]1O[C@H](COCc2ccccc2)[C@@H](O[C@H]2O[C@H](COCc3ccccc3)[C@@H](O[Si](C)(C)C(C)(C)C)[C@H](OC)[C@@H]2OS(=O)(=O)c2ccc(C)cc2)[C@H](OC)[C@@H]1OS(=O)(=O)c1ccc(C)cc1. The fraction of sp³-hybridized carbons (Fsp3) is 0.571. The summed E-state index contributed by atoms with van der Waals surface area (Å²) < 4.78 is 130. The Labute approximate surface area is 442 Å². The van der Waals surface area contributed by atoms with Crippen molar-refractivity contribution in [3.8, 4) is 0 Å². The molecule has 6 rings (SSSR count). The second-order valence-corrected chi connectivity index (χ2v) is 28.6. The Balaban J connectivity index is 1.44. The first-order valence-electron chi connectivity index (χ1n) is 25.8. The van der Waals surface area contributed by atoms with Crippen molar-refractivity contribution in [2.75, 3.05) is 34.0 Å². The van der Waals surface area contributed by atoms with Crippen LogP contribution in [0.5, 0.6) is 0 Å². The Bertz CT molecular complexity index is 2490. The largest absolute Gasteiger partial charge is 0.408 e. The maximum Gasteiger partial charge on any atom is 0.297 e. The van der Waals surface area contributed by atoms with Gasteiger partial charge in [0.25, 0.3) is 20.2 Å². The molecule has 2 aliphatic rings. The minimum Gasteiger partial charge on any atom is -0.408 e. The van der Waals surface area contributed by atoms with E-state index < -0.39 is 90.0 Å². The molecule has 4 aromatic rings. The number of hydrogen-bond acceptors (Lipinski definition) is 15. The first kappa shape index (κ1) is 59.8. The van der Waals surface area contributed by atoms with Crippen molar-refractivity contribution in [1.29, 1.82) is 0 Å². The summed E-state index contributed by atoms with van der Waals surface area (Å²) in [7, 11) is -8.88. The molecule has 2 fully saturated rings. The van der Waals surface area contributed by atoms with Gasteiger partial charge in [0, 0.05) is 20.8 Å². The molecular weight excluding hydrogens is 1000 g/mol. The lowest BCUT2D eigenvalue weighted by molar-refractivity contribution is -0.357. The van der Waals surface area contributed by atoms with Gasteiger partial charge in [-0.05, 0) is 73.8 Å². The standard InChI is InChI=1S/C56H80O15S2Si/c1-11-12-13-14-15-22-35-65-54-52(69-72(57,58)44-31-27-40(2)28-32-44)50(61-7)48(46(66-54)38-63-36-42-23-18-16-19-24-42)68-55-53(70-73(59,60)45-33-29-41(3)30-34-45)51(62-8)49(71-74(9,10)56(4,5)6)47(67-55)39-64-37-43-25-20-17-21-26-43/h16-21,23-34,46-55H,11-15,22,35-39H2,1-10H3/t46-,47-,48-,49-,50+,51+,52+,53+,54+,55-/m1/s1. The summed E-state index contributed by atoms with van der Waals surface area (Å²) in [6.07, 6.45) is -6.55. The van der Waals surface area contributed by atoms with Crippen LogP contribution in [0.15, 0.2) is 119 Å². The van der Waals surface area contributed by atoms with Gasteiger partial charge in [-0.3, -0.25) is 8.37 Å². The minimum absolute atomic E-state index is 0.0291. The Hall–Kier alpha value is -3.44. The molecule has 0 N–H and O–H groups in total. The summed E-state index contributed by atoms with van der Waals surface area (Å²) in [6.45, 7) is 16.9. The molecule has 10 atom stereocenters. The number of benzene rings is 4. The molecule has 410 valence electrons. The molecule has 2 saturated heterocycles. The average Bonchev–Trinajstić information content (AvgIpc) is 3.36. The molecule has 0 saturated carbocycles. The van der Waals surface area contributed by atoms with Gasteiger partial charge in [-0.25, -0.2) is 0 Å². The van der Waals surface area contributed by atoms with E-state index in [0.717, 1.165) is 54.4 Å². The molecule has 0 bridgehead atoms. The highest BCUT2D eigenvalue weighted by atomic mass is 32.2. The molecule has 2 aliphatic heterocycles. The van der Waals surface area contributed by atoms with Gasteiger partial charge in [0.1, 0.15) is 36.6 Å².